The molecule has 0 unspecified atom stereocenters. The monoisotopic (exact) mass is 292 g/mol. The SMILES string of the molecule is CCN(CC)C(=O)c1nnc2c(n1)c(=O)n(C)c(=O)n2C. The fourth-order valence-electron chi connectivity index (χ4n) is 1.99. The van der Waals surface area contributed by atoms with Gasteiger partial charge in [-0.05, 0) is 13.8 Å². The Bertz CT molecular complexity index is 818. The Labute approximate surface area is 119 Å². The lowest BCUT2D eigenvalue weighted by atomic mass is 10.4. The number of hydrogen-bond donors (Lipinski definition) is 0. The fraction of sp³-hybridized carbons (Fsp3) is 0.500. The maximum atomic E-state index is 12.2. The summed E-state index contributed by atoms with van der Waals surface area (Å²) in [7, 11) is 2.81. The third kappa shape index (κ3) is 2.30. The molecule has 0 fully saturated rings. The molecule has 2 aromatic rings. The number of aromatic nitrogens is 5. The van der Waals surface area contributed by atoms with Gasteiger partial charge in [0.05, 0.1) is 0 Å². The lowest BCUT2D eigenvalue weighted by Gasteiger charge is -2.17. The normalized spacial score (nSPS) is 10.9. The molecule has 0 spiro atoms. The molecule has 0 saturated heterocycles. The van der Waals surface area contributed by atoms with Crippen LogP contribution in [0.1, 0.15) is 24.5 Å². The van der Waals surface area contributed by atoms with Crippen molar-refractivity contribution >= 4 is 17.1 Å². The van der Waals surface area contributed by atoms with E-state index in [-0.39, 0.29) is 17.0 Å². The van der Waals surface area contributed by atoms with E-state index in [1.165, 1.54) is 23.6 Å². The van der Waals surface area contributed by atoms with E-state index in [4.69, 9.17) is 0 Å². The predicted octanol–water partition coefficient (Wildman–Crippen LogP) is -1.10. The van der Waals surface area contributed by atoms with Crippen LogP contribution < -0.4 is 11.2 Å². The zero-order valence-corrected chi connectivity index (χ0v) is 12.3. The molecule has 0 radical (unpaired) electrons. The zero-order valence-electron chi connectivity index (χ0n) is 12.3. The van der Waals surface area contributed by atoms with Crippen molar-refractivity contribution < 1.29 is 4.79 Å². The van der Waals surface area contributed by atoms with E-state index in [1.807, 2.05) is 13.8 Å². The minimum atomic E-state index is -0.600. The van der Waals surface area contributed by atoms with E-state index >= 15 is 0 Å². The molecule has 112 valence electrons. The van der Waals surface area contributed by atoms with Crippen LogP contribution >= 0.6 is 0 Å². The first-order chi connectivity index (χ1) is 9.92. The summed E-state index contributed by atoms with van der Waals surface area (Å²) in [6, 6.07) is 0. The van der Waals surface area contributed by atoms with Crippen LogP contribution in [0.5, 0.6) is 0 Å². The molecule has 9 heteroatoms. The smallest absolute Gasteiger partial charge is 0.332 e. The Kier molecular flexibility index (Phi) is 3.83. The first-order valence-electron chi connectivity index (χ1n) is 6.52. The van der Waals surface area contributed by atoms with Crippen molar-refractivity contribution in [2.24, 2.45) is 14.1 Å². The average molecular weight is 292 g/mol. The second-order valence-corrected chi connectivity index (χ2v) is 4.49. The summed E-state index contributed by atoms with van der Waals surface area (Å²) in [5, 5.41) is 7.54. The van der Waals surface area contributed by atoms with Crippen molar-refractivity contribution in [3.63, 3.8) is 0 Å². The Morgan fingerprint density at radius 3 is 2.29 bits per heavy atom. The first-order valence-corrected chi connectivity index (χ1v) is 6.52. The van der Waals surface area contributed by atoms with Crippen molar-refractivity contribution in [3.05, 3.63) is 26.7 Å². The van der Waals surface area contributed by atoms with Crippen LogP contribution in [0.25, 0.3) is 11.2 Å². The van der Waals surface area contributed by atoms with Gasteiger partial charge in [0.25, 0.3) is 11.5 Å². The van der Waals surface area contributed by atoms with Crippen LogP contribution in [-0.2, 0) is 14.1 Å². The van der Waals surface area contributed by atoms with E-state index in [9.17, 15) is 14.4 Å². The highest BCUT2D eigenvalue weighted by Crippen LogP contribution is 2.03. The lowest BCUT2D eigenvalue weighted by molar-refractivity contribution is 0.0760. The van der Waals surface area contributed by atoms with Gasteiger partial charge in [-0.1, -0.05) is 0 Å². The van der Waals surface area contributed by atoms with Crippen molar-refractivity contribution in [3.8, 4) is 0 Å². The molecule has 2 heterocycles. The first kappa shape index (κ1) is 14.8. The summed E-state index contributed by atoms with van der Waals surface area (Å²) in [6.07, 6.45) is 0. The summed E-state index contributed by atoms with van der Waals surface area (Å²) in [4.78, 5) is 41.6. The van der Waals surface area contributed by atoms with E-state index in [0.717, 1.165) is 4.57 Å². The van der Waals surface area contributed by atoms with E-state index < -0.39 is 17.2 Å². The predicted molar refractivity (Wildman–Crippen MR) is 75.1 cm³/mol. The Morgan fingerprint density at radius 2 is 1.71 bits per heavy atom. The molecule has 0 aromatic carbocycles. The number of carbonyl (C=O) groups excluding carboxylic acids is 1. The van der Waals surface area contributed by atoms with Crippen LogP contribution in [0.3, 0.4) is 0 Å². The van der Waals surface area contributed by atoms with E-state index in [2.05, 4.69) is 15.2 Å². The molecular weight excluding hydrogens is 276 g/mol. The quantitative estimate of drug-likeness (QED) is 0.711. The largest absolute Gasteiger partial charge is 0.336 e. The van der Waals surface area contributed by atoms with Crippen molar-refractivity contribution in [2.75, 3.05) is 13.1 Å². The number of fused-ring (bicyclic) bond motifs is 1. The van der Waals surface area contributed by atoms with Crippen molar-refractivity contribution in [1.29, 1.82) is 0 Å². The van der Waals surface area contributed by atoms with Gasteiger partial charge >= 0.3 is 5.69 Å². The highest BCUT2D eigenvalue weighted by Gasteiger charge is 2.19. The van der Waals surface area contributed by atoms with Gasteiger partial charge in [0.15, 0.2) is 11.2 Å². The van der Waals surface area contributed by atoms with Crippen molar-refractivity contribution in [2.45, 2.75) is 13.8 Å². The van der Waals surface area contributed by atoms with E-state index in [1.54, 1.807) is 0 Å². The van der Waals surface area contributed by atoms with Gasteiger partial charge in [-0.15, -0.1) is 10.2 Å². The summed E-state index contributed by atoms with van der Waals surface area (Å²) < 4.78 is 2.09. The molecule has 0 N–H and O–H groups in total. The standard InChI is InChI=1S/C12H16N6O3/c1-5-18(6-2)11(20)8-13-7-9(15-14-8)16(3)12(21)17(4)10(7)19/h5-6H2,1-4H3. The van der Waals surface area contributed by atoms with E-state index in [0.29, 0.717) is 13.1 Å². The maximum Gasteiger partial charge on any atom is 0.332 e. The third-order valence-electron chi connectivity index (χ3n) is 3.31. The summed E-state index contributed by atoms with van der Waals surface area (Å²) in [5.74, 6) is -0.549. The molecule has 9 nitrogen and oxygen atoms in total. The number of hydrogen-bond acceptors (Lipinski definition) is 6. The van der Waals surface area contributed by atoms with Crippen LogP contribution in [0.15, 0.2) is 9.59 Å². The molecule has 21 heavy (non-hydrogen) atoms. The molecule has 1 amide bonds. The van der Waals surface area contributed by atoms with Gasteiger partial charge in [-0.2, -0.15) is 0 Å². The number of nitrogens with zero attached hydrogens (tertiary/aromatic N) is 6. The Hall–Kier alpha value is -2.58. The third-order valence-corrected chi connectivity index (χ3v) is 3.31. The Morgan fingerprint density at radius 1 is 1.10 bits per heavy atom. The molecule has 0 aliphatic heterocycles. The van der Waals surface area contributed by atoms with Crippen LogP contribution in [-0.4, -0.2) is 48.2 Å². The molecule has 2 rings (SSSR count). The highest BCUT2D eigenvalue weighted by atomic mass is 16.2. The Balaban J connectivity index is 2.71. The minimum Gasteiger partial charge on any atom is -0.336 e. The molecule has 0 aliphatic carbocycles. The van der Waals surface area contributed by atoms with Gasteiger partial charge in [0, 0.05) is 27.2 Å². The molecule has 0 aliphatic rings. The molecule has 2 aromatic heterocycles. The maximum absolute atomic E-state index is 12.2. The van der Waals surface area contributed by atoms with Crippen molar-refractivity contribution in [1.82, 2.24) is 29.2 Å². The van der Waals surface area contributed by atoms with Crippen LogP contribution in [0, 0.1) is 0 Å². The molecule has 0 saturated carbocycles. The minimum absolute atomic E-state index is 0.0508. The zero-order chi connectivity index (χ0) is 15.7. The number of rotatable bonds is 3. The van der Waals surface area contributed by atoms with Gasteiger partial charge in [0.1, 0.15) is 0 Å². The average Bonchev–Trinajstić information content (AvgIpc) is 2.51. The second kappa shape index (κ2) is 5.43. The fourth-order valence-corrected chi connectivity index (χ4v) is 1.99. The van der Waals surface area contributed by atoms with Gasteiger partial charge in [-0.3, -0.25) is 18.7 Å². The second-order valence-electron chi connectivity index (χ2n) is 4.49. The number of aryl methyl sites for hydroxylation is 1. The lowest BCUT2D eigenvalue weighted by Crippen LogP contribution is -2.39. The summed E-state index contributed by atoms with van der Waals surface area (Å²) >= 11 is 0. The van der Waals surface area contributed by atoms with Crippen LogP contribution in [0.4, 0.5) is 0 Å². The van der Waals surface area contributed by atoms with Gasteiger partial charge < -0.3 is 4.90 Å². The highest BCUT2D eigenvalue weighted by molar-refractivity contribution is 5.91. The number of amides is 1. The topological polar surface area (TPSA) is 103 Å². The molecule has 0 atom stereocenters. The van der Waals surface area contributed by atoms with Gasteiger partial charge in [-0.25, -0.2) is 9.78 Å². The van der Waals surface area contributed by atoms with Gasteiger partial charge in [0.2, 0.25) is 5.82 Å². The van der Waals surface area contributed by atoms with Crippen LogP contribution in [0.2, 0.25) is 0 Å². The molecular formula is C12H16N6O3. The molecule has 0 bridgehead atoms. The summed E-state index contributed by atoms with van der Waals surface area (Å²) in [6.45, 7) is 4.67. The summed E-state index contributed by atoms with van der Waals surface area (Å²) in [5.41, 5.74) is -1.12. The number of carbonyl (C=O) groups is 1.